The molecule has 13 heteroatoms. The summed E-state index contributed by atoms with van der Waals surface area (Å²) >= 11 is 0. The van der Waals surface area contributed by atoms with Crippen LogP contribution in [0.1, 0.15) is 40.5 Å². The van der Waals surface area contributed by atoms with Crippen LogP contribution < -0.4 is 10.2 Å². The summed E-state index contributed by atoms with van der Waals surface area (Å²) in [6.07, 6.45) is 0.409. The van der Waals surface area contributed by atoms with Crippen LogP contribution in [0.25, 0.3) is 0 Å². The number of nitro benzene ring substituents is 1. The summed E-state index contributed by atoms with van der Waals surface area (Å²) < 4.78 is 17.0. The van der Waals surface area contributed by atoms with Crippen LogP contribution in [0.4, 0.5) is 27.5 Å². The maximum atomic E-state index is 12.5. The number of amides is 1. The second-order valence-electron chi connectivity index (χ2n) is 8.63. The second-order valence-corrected chi connectivity index (χ2v) is 11.8. The first-order valence-corrected chi connectivity index (χ1v) is 15.5. The van der Waals surface area contributed by atoms with Gasteiger partial charge in [-0.2, -0.15) is 10.2 Å². The summed E-state index contributed by atoms with van der Waals surface area (Å²) in [5.41, 5.74) is 2.08. The molecular formula is C27H39N5O7Si. The zero-order valence-corrected chi connectivity index (χ0v) is 24.6. The Hall–Kier alpha value is -3.68. The van der Waals surface area contributed by atoms with Gasteiger partial charge in [-0.25, -0.2) is 4.79 Å². The predicted molar refractivity (Wildman–Crippen MR) is 155 cm³/mol. The number of anilines is 1. The van der Waals surface area contributed by atoms with E-state index in [1.54, 1.807) is 6.92 Å². The number of carbonyl (C=O) groups is 2. The van der Waals surface area contributed by atoms with Crippen molar-refractivity contribution in [2.45, 2.75) is 46.6 Å². The first kappa shape index (κ1) is 32.5. The van der Waals surface area contributed by atoms with Crippen molar-refractivity contribution in [1.29, 1.82) is 0 Å². The smallest absolute Gasteiger partial charge is 0.410 e. The van der Waals surface area contributed by atoms with Gasteiger partial charge in [0, 0.05) is 50.5 Å². The van der Waals surface area contributed by atoms with E-state index in [-0.39, 0.29) is 17.7 Å². The van der Waals surface area contributed by atoms with E-state index in [1.165, 1.54) is 24.3 Å². The fourth-order valence-corrected chi connectivity index (χ4v) is 7.08. The first-order chi connectivity index (χ1) is 19.3. The van der Waals surface area contributed by atoms with E-state index in [4.69, 9.17) is 13.6 Å². The number of hydrogen-bond donors (Lipinski definition) is 1. The van der Waals surface area contributed by atoms with Gasteiger partial charge in [0.25, 0.3) is 5.69 Å². The van der Waals surface area contributed by atoms with Gasteiger partial charge in [-0.15, -0.1) is 0 Å². The Labute approximate surface area is 236 Å². The molecule has 12 nitrogen and oxygen atoms in total. The van der Waals surface area contributed by atoms with Crippen LogP contribution in [0, 0.1) is 10.1 Å². The highest BCUT2D eigenvalue weighted by Gasteiger charge is 2.44. The average molecular weight is 574 g/mol. The van der Waals surface area contributed by atoms with E-state index in [1.807, 2.05) is 45.0 Å². The van der Waals surface area contributed by atoms with Crippen molar-refractivity contribution < 1.29 is 28.1 Å². The van der Waals surface area contributed by atoms with Crippen LogP contribution in [0.3, 0.4) is 0 Å². The van der Waals surface area contributed by atoms with Crippen molar-refractivity contribution in [1.82, 2.24) is 5.32 Å². The third-order valence-corrected chi connectivity index (χ3v) is 9.71. The Morgan fingerprint density at radius 1 is 0.950 bits per heavy atom. The minimum atomic E-state index is -2.96. The van der Waals surface area contributed by atoms with Crippen LogP contribution in [-0.4, -0.2) is 64.4 Å². The molecular weight excluding hydrogens is 534 g/mol. The summed E-state index contributed by atoms with van der Waals surface area (Å²) in [7, 11) is -2.96. The molecule has 0 radical (unpaired) electrons. The highest BCUT2D eigenvalue weighted by molar-refractivity contribution is 6.97. The molecule has 0 unspecified atom stereocenters. The number of azo groups is 1. The van der Waals surface area contributed by atoms with E-state index >= 15 is 0 Å². The number of benzene rings is 2. The highest BCUT2D eigenvalue weighted by Crippen LogP contribution is 2.24. The van der Waals surface area contributed by atoms with Crippen molar-refractivity contribution >= 4 is 42.8 Å². The van der Waals surface area contributed by atoms with E-state index < -0.39 is 19.6 Å². The molecule has 0 aliphatic heterocycles. The van der Waals surface area contributed by atoms with Gasteiger partial charge in [0.15, 0.2) is 5.41 Å². The number of nitro groups is 1. The fourth-order valence-electron chi connectivity index (χ4n) is 3.99. The monoisotopic (exact) mass is 573 g/mol. The van der Waals surface area contributed by atoms with Gasteiger partial charge in [-0.1, -0.05) is 6.92 Å². The minimum absolute atomic E-state index is 0.00269. The Bertz CT molecular complexity index is 1110. The highest BCUT2D eigenvalue weighted by atomic mass is 28.4. The summed E-state index contributed by atoms with van der Waals surface area (Å²) in [5.74, 6) is 0. The number of likely N-dealkylation sites (N-methyl/N-ethyl adjacent to an activating group) is 1. The molecule has 1 N–H and O–H groups in total. The van der Waals surface area contributed by atoms with E-state index in [2.05, 4.69) is 20.4 Å². The Balaban J connectivity index is 1.79. The largest absolute Gasteiger partial charge is 0.448 e. The number of hydrogen-bond acceptors (Lipinski definition) is 10. The van der Waals surface area contributed by atoms with Gasteiger partial charge in [-0.3, -0.25) is 14.9 Å². The van der Waals surface area contributed by atoms with Crippen molar-refractivity contribution in [3.8, 4) is 0 Å². The molecule has 0 aliphatic rings. The first-order valence-electron chi connectivity index (χ1n) is 13.5. The molecule has 40 heavy (non-hydrogen) atoms. The molecule has 1 amide bonds. The summed E-state index contributed by atoms with van der Waals surface area (Å²) in [6.45, 7) is 10.1. The standard InChI is InChI=1S/C27H39N5O7Si/c1-5-26(33)40(38-7-3,39-8-4)21-9-18-28-27(34)37-20-19-31(6-2)24-14-10-22(11-15-24)29-30-23-12-16-25(17-13-23)32(35)36/h10-17H,5-9,18-21H2,1-4H3,(H,28,34)/b30-29+. The lowest BCUT2D eigenvalue weighted by atomic mass is 10.2. The second kappa shape index (κ2) is 17.1. The van der Waals surface area contributed by atoms with Gasteiger partial charge in [0.1, 0.15) is 6.61 Å². The van der Waals surface area contributed by atoms with Crippen LogP contribution in [0.15, 0.2) is 58.8 Å². The van der Waals surface area contributed by atoms with Crippen molar-refractivity contribution in [3.63, 3.8) is 0 Å². The molecule has 0 aliphatic carbocycles. The van der Waals surface area contributed by atoms with Crippen LogP contribution >= 0.6 is 0 Å². The van der Waals surface area contributed by atoms with Crippen molar-refractivity contribution in [2.24, 2.45) is 10.2 Å². The molecule has 0 heterocycles. The molecule has 0 fully saturated rings. The molecule has 0 spiro atoms. The van der Waals surface area contributed by atoms with Crippen LogP contribution in [0.2, 0.25) is 6.04 Å². The molecule has 0 saturated carbocycles. The topological polar surface area (TPSA) is 145 Å². The normalized spacial score (nSPS) is 11.4. The Morgan fingerprint density at radius 3 is 2.02 bits per heavy atom. The van der Waals surface area contributed by atoms with Gasteiger partial charge in [-0.05, 0) is 69.6 Å². The number of non-ortho nitro benzene ring substituents is 1. The molecule has 2 aromatic carbocycles. The summed E-state index contributed by atoms with van der Waals surface area (Å²) in [5, 5.41) is 21.8. The van der Waals surface area contributed by atoms with Crippen LogP contribution in [-0.2, 0) is 18.4 Å². The Kier molecular flexibility index (Phi) is 13.9. The van der Waals surface area contributed by atoms with E-state index in [0.717, 1.165) is 5.69 Å². The number of rotatable bonds is 18. The van der Waals surface area contributed by atoms with E-state index in [9.17, 15) is 19.7 Å². The number of alkyl carbamates (subject to hydrolysis) is 1. The average Bonchev–Trinajstić information content (AvgIpc) is 2.96. The quantitative estimate of drug-likeness (QED) is 0.0753. The zero-order chi connectivity index (χ0) is 29.4. The molecule has 218 valence electrons. The van der Waals surface area contributed by atoms with Crippen molar-refractivity contribution in [3.05, 3.63) is 58.6 Å². The molecule has 0 atom stereocenters. The van der Waals surface area contributed by atoms with Crippen molar-refractivity contribution in [2.75, 3.05) is 44.4 Å². The molecule has 0 saturated heterocycles. The zero-order valence-electron chi connectivity index (χ0n) is 23.6. The van der Waals surface area contributed by atoms with Gasteiger partial charge in [0.05, 0.1) is 22.8 Å². The SMILES string of the molecule is CCO[Si](CCCNC(=O)OCCN(CC)c1ccc(/N=N/c2ccc([N+](=O)[O-])cc2)cc1)(OCC)C(=O)CC. The maximum absolute atomic E-state index is 12.5. The molecule has 0 aromatic heterocycles. The lowest BCUT2D eigenvalue weighted by Crippen LogP contribution is -2.51. The molecule has 2 rings (SSSR count). The number of ether oxygens (including phenoxy) is 1. The molecule has 0 bridgehead atoms. The molecule has 2 aromatic rings. The fraction of sp³-hybridized carbons (Fsp3) is 0.481. The summed E-state index contributed by atoms with van der Waals surface area (Å²) in [4.78, 5) is 37.0. The third-order valence-electron chi connectivity index (χ3n) is 5.99. The number of nitrogens with zero attached hydrogens (tertiary/aromatic N) is 4. The third kappa shape index (κ3) is 10.1. The van der Waals surface area contributed by atoms with Gasteiger partial charge >= 0.3 is 14.7 Å². The number of carbonyl (C=O) groups excluding carboxylic acids is 2. The summed E-state index contributed by atoms with van der Waals surface area (Å²) in [6, 6.07) is 13.8. The Morgan fingerprint density at radius 2 is 1.52 bits per heavy atom. The minimum Gasteiger partial charge on any atom is -0.448 e. The lowest BCUT2D eigenvalue weighted by Gasteiger charge is -2.28. The van der Waals surface area contributed by atoms with Crippen LogP contribution in [0.5, 0.6) is 0 Å². The van der Waals surface area contributed by atoms with Gasteiger partial charge < -0.3 is 23.8 Å². The van der Waals surface area contributed by atoms with Gasteiger partial charge in [0.2, 0.25) is 0 Å². The number of nitrogens with one attached hydrogen (secondary N) is 1. The van der Waals surface area contributed by atoms with E-state index in [0.29, 0.717) is 63.1 Å². The predicted octanol–water partition coefficient (Wildman–Crippen LogP) is 5.99. The maximum Gasteiger partial charge on any atom is 0.410 e. The lowest BCUT2D eigenvalue weighted by molar-refractivity contribution is -0.384.